The van der Waals surface area contributed by atoms with Gasteiger partial charge in [0.25, 0.3) is 11.5 Å². The normalized spacial score (nSPS) is 14.5. The van der Waals surface area contributed by atoms with E-state index < -0.39 is 21.7 Å². The van der Waals surface area contributed by atoms with Gasteiger partial charge in [0, 0.05) is 24.2 Å². The third-order valence-electron chi connectivity index (χ3n) is 7.62. The minimum absolute atomic E-state index is 0.177. The first-order valence-corrected chi connectivity index (χ1v) is 14.7. The summed E-state index contributed by atoms with van der Waals surface area (Å²) in [5, 5.41) is 0.935. The average Bonchev–Trinajstić information content (AvgIpc) is 3.39. The van der Waals surface area contributed by atoms with Crippen molar-refractivity contribution in [2.24, 2.45) is 5.73 Å². The molecular formula is C30H26FN5O4S. The highest BCUT2D eigenvalue weighted by atomic mass is 32.2. The number of H-pyrrole nitrogens is 1. The summed E-state index contributed by atoms with van der Waals surface area (Å²) in [5.41, 5.74) is 11.3. The maximum Gasteiger partial charge on any atom is 0.265 e. The fourth-order valence-electron chi connectivity index (χ4n) is 5.47. The molecule has 3 aromatic carbocycles. The average molecular weight is 572 g/mol. The number of amides is 1. The van der Waals surface area contributed by atoms with Crippen LogP contribution in [0, 0.1) is 12.7 Å². The highest BCUT2D eigenvalue weighted by Gasteiger charge is 2.23. The van der Waals surface area contributed by atoms with Crippen LogP contribution < -0.4 is 11.3 Å². The Labute approximate surface area is 234 Å². The van der Waals surface area contributed by atoms with E-state index in [0.29, 0.717) is 35.2 Å². The molecule has 9 nitrogen and oxygen atoms in total. The summed E-state index contributed by atoms with van der Waals surface area (Å²) >= 11 is 0. The maximum absolute atomic E-state index is 13.9. The SMILES string of the molecule is Cc1c(-c2ccc(C(N)=O)c3[nH]c(C4=CCN(S(C)(=O)=O)CC4)cc23)cccc1-n1cnc2ccc(F)cc2c1=O. The van der Waals surface area contributed by atoms with Crippen LogP contribution in [0.4, 0.5) is 4.39 Å². The number of fused-ring (bicyclic) bond motifs is 2. The summed E-state index contributed by atoms with van der Waals surface area (Å²) < 4.78 is 40.6. The van der Waals surface area contributed by atoms with Crippen molar-refractivity contribution in [2.75, 3.05) is 19.3 Å². The second kappa shape index (κ2) is 9.79. The summed E-state index contributed by atoms with van der Waals surface area (Å²) in [6.45, 7) is 2.51. The highest BCUT2D eigenvalue weighted by Crippen LogP contribution is 2.37. The number of nitrogens with one attached hydrogen (secondary N) is 1. The van der Waals surface area contributed by atoms with Gasteiger partial charge in [0.05, 0.1) is 33.9 Å². The fraction of sp³-hybridized carbons (Fsp3) is 0.167. The molecule has 2 aromatic heterocycles. The van der Waals surface area contributed by atoms with Gasteiger partial charge in [-0.2, -0.15) is 4.31 Å². The van der Waals surface area contributed by atoms with E-state index >= 15 is 0 Å². The Kier molecular flexibility index (Phi) is 6.35. The van der Waals surface area contributed by atoms with E-state index in [1.807, 2.05) is 37.3 Å². The third-order valence-corrected chi connectivity index (χ3v) is 8.89. The number of rotatable bonds is 5. The number of carbonyl (C=O) groups excluding carboxylic acids is 1. The van der Waals surface area contributed by atoms with Gasteiger partial charge in [0.2, 0.25) is 10.0 Å². The molecule has 0 radical (unpaired) electrons. The first kappa shape index (κ1) is 26.6. The minimum Gasteiger partial charge on any atom is -0.366 e. The standard InChI is InChI=1S/C30H26FN5O4S/c1-17-20(4-3-5-27(17)36-16-33-25-9-6-19(31)14-24(25)30(36)38)21-7-8-22(29(32)37)28-23(21)15-26(34-28)18-10-12-35(13-11-18)41(2,39)40/h3-10,14-16,34H,11-13H2,1-2H3,(H2,32,37). The number of nitrogens with two attached hydrogens (primary N) is 1. The van der Waals surface area contributed by atoms with Gasteiger partial charge < -0.3 is 10.7 Å². The molecule has 0 fully saturated rings. The van der Waals surface area contributed by atoms with Crippen LogP contribution in [0.3, 0.4) is 0 Å². The van der Waals surface area contributed by atoms with Gasteiger partial charge in [-0.25, -0.2) is 17.8 Å². The van der Waals surface area contributed by atoms with E-state index in [1.165, 1.54) is 39.7 Å². The second-order valence-corrected chi connectivity index (χ2v) is 12.1. The van der Waals surface area contributed by atoms with Gasteiger partial charge in [-0.15, -0.1) is 0 Å². The Morgan fingerprint density at radius 2 is 1.88 bits per heavy atom. The molecule has 1 aliphatic rings. The summed E-state index contributed by atoms with van der Waals surface area (Å²) in [5.74, 6) is -1.10. The van der Waals surface area contributed by atoms with Gasteiger partial charge in [0.15, 0.2) is 0 Å². The summed E-state index contributed by atoms with van der Waals surface area (Å²) in [6, 6.07) is 14.9. The van der Waals surface area contributed by atoms with Crippen LogP contribution in [0.1, 0.15) is 28.0 Å². The Morgan fingerprint density at radius 3 is 2.59 bits per heavy atom. The molecule has 208 valence electrons. The second-order valence-electron chi connectivity index (χ2n) is 10.1. The van der Waals surface area contributed by atoms with Gasteiger partial charge in [-0.05, 0) is 72.0 Å². The number of aromatic nitrogens is 3. The molecular weight excluding hydrogens is 545 g/mol. The molecule has 0 saturated heterocycles. The zero-order valence-electron chi connectivity index (χ0n) is 22.3. The van der Waals surface area contributed by atoms with Crippen molar-refractivity contribution >= 4 is 43.3 Å². The van der Waals surface area contributed by atoms with Crippen LogP contribution in [-0.4, -0.2) is 52.5 Å². The van der Waals surface area contributed by atoms with E-state index in [-0.39, 0.29) is 17.5 Å². The van der Waals surface area contributed by atoms with Gasteiger partial charge in [-0.3, -0.25) is 14.2 Å². The number of hydrogen-bond donors (Lipinski definition) is 2. The lowest BCUT2D eigenvalue weighted by Gasteiger charge is -2.23. The molecule has 41 heavy (non-hydrogen) atoms. The molecule has 0 aliphatic carbocycles. The molecule has 1 amide bonds. The van der Waals surface area contributed by atoms with Crippen LogP contribution >= 0.6 is 0 Å². The van der Waals surface area contributed by atoms with Crippen LogP contribution in [0.15, 0.2) is 71.8 Å². The number of aromatic amines is 1. The Hall–Kier alpha value is -4.61. The van der Waals surface area contributed by atoms with Crippen molar-refractivity contribution in [3.63, 3.8) is 0 Å². The summed E-state index contributed by atoms with van der Waals surface area (Å²) in [7, 11) is -3.30. The molecule has 5 aromatic rings. The largest absolute Gasteiger partial charge is 0.366 e. The quantitative estimate of drug-likeness (QED) is 0.328. The van der Waals surface area contributed by atoms with Crippen molar-refractivity contribution in [1.29, 1.82) is 0 Å². The van der Waals surface area contributed by atoms with Gasteiger partial charge in [-0.1, -0.05) is 24.3 Å². The zero-order chi connectivity index (χ0) is 29.1. The topological polar surface area (TPSA) is 131 Å². The molecule has 3 N–H and O–H groups in total. The number of primary amides is 1. The van der Waals surface area contributed by atoms with Gasteiger partial charge in [0.1, 0.15) is 12.1 Å². The number of nitrogens with zero attached hydrogens (tertiary/aromatic N) is 3. The third kappa shape index (κ3) is 4.62. The first-order valence-electron chi connectivity index (χ1n) is 12.9. The molecule has 11 heteroatoms. The number of sulfonamides is 1. The van der Waals surface area contributed by atoms with Crippen molar-refractivity contribution in [3.05, 3.63) is 100.0 Å². The van der Waals surface area contributed by atoms with Crippen LogP contribution in [0.2, 0.25) is 0 Å². The lowest BCUT2D eigenvalue weighted by Crippen LogP contribution is -2.33. The Bertz CT molecular complexity index is 2100. The zero-order valence-corrected chi connectivity index (χ0v) is 23.1. The van der Waals surface area contributed by atoms with Crippen molar-refractivity contribution in [3.8, 4) is 16.8 Å². The van der Waals surface area contributed by atoms with Crippen molar-refractivity contribution in [2.45, 2.75) is 13.3 Å². The smallest absolute Gasteiger partial charge is 0.265 e. The lowest BCUT2D eigenvalue weighted by atomic mass is 9.94. The first-order chi connectivity index (χ1) is 19.5. The number of carbonyl (C=O) groups is 1. The minimum atomic E-state index is -3.30. The van der Waals surface area contributed by atoms with Crippen LogP contribution in [-0.2, 0) is 10.0 Å². The fourth-order valence-corrected chi connectivity index (χ4v) is 6.24. The summed E-state index contributed by atoms with van der Waals surface area (Å²) in [6.07, 6.45) is 5.00. The van der Waals surface area contributed by atoms with E-state index in [4.69, 9.17) is 5.73 Å². The molecule has 0 saturated carbocycles. The van der Waals surface area contributed by atoms with Gasteiger partial charge >= 0.3 is 0 Å². The van der Waals surface area contributed by atoms with Crippen molar-refractivity contribution < 1.29 is 17.6 Å². The monoisotopic (exact) mass is 571 g/mol. The number of benzene rings is 3. The predicted molar refractivity (Wildman–Crippen MR) is 157 cm³/mol. The molecule has 1 aliphatic heterocycles. The molecule has 6 rings (SSSR count). The summed E-state index contributed by atoms with van der Waals surface area (Å²) in [4.78, 5) is 33.3. The van der Waals surface area contributed by atoms with E-state index in [0.717, 1.165) is 33.3 Å². The van der Waals surface area contributed by atoms with E-state index in [2.05, 4.69) is 9.97 Å². The molecule has 3 heterocycles. The van der Waals surface area contributed by atoms with E-state index in [1.54, 1.807) is 12.1 Å². The highest BCUT2D eigenvalue weighted by molar-refractivity contribution is 7.88. The van der Waals surface area contributed by atoms with Crippen LogP contribution in [0.5, 0.6) is 0 Å². The molecule has 0 spiro atoms. The molecule has 0 bridgehead atoms. The number of halogens is 1. The molecule has 0 unspecified atom stereocenters. The number of hydrogen-bond acceptors (Lipinski definition) is 5. The maximum atomic E-state index is 13.9. The Balaban J connectivity index is 1.50. The van der Waals surface area contributed by atoms with Crippen molar-refractivity contribution in [1.82, 2.24) is 18.8 Å². The lowest BCUT2D eigenvalue weighted by molar-refractivity contribution is 0.100. The molecule has 0 atom stereocenters. The Morgan fingerprint density at radius 1 is 1.07 bits per heavy atom. The predicted octanol–water partition coefficient (Wildman–Crippen LogP) is 4.13. The van der Waals surface area contributed by atoms with E-state index in [9.17, 15) is 22.4 Å². The van der Waals surface area contributed by atoms with Crippen LogP contribution in [0.25, 0.3) is 44.2 Å².